The Labute approximate surface area is 131 Å². The van der Waals surface area contributed by atoms with Crippen LogP contribution in [0.1, 0.15) is 19.3 Å². The van der Waals surface area contributed by atoms with Crippen molar-refractivity contribution in [1.82, 2.24) is 9.88 Å². The number of hydrogen-bond donors (Lipinski definition) is 2. The lowest BCUT2D eigenvalue weighted by Crippen LogP contribution is -2.22. The highest BCUT2D eigenvalue weighted by Gasteiger charge is 2.09. The number of benzene rings is 1. The first kappa shape index (κ1) is 16.6. The van der Waals surface area contributed by atoms with Gasteiger partial charge in [-0.1, -0.05) is 0 Å². The molecule has 4 nitrogen and oxygen atoms in total. The third kappa shape index (κ3) is 4.64. The molecule has 2 aromatic rings. The zero-order valence-corrected chi connectivity index (χ0v) is 13.2. The van der Waals surface area contributed by atoms with E-state index in [-0.39, 0.29) is 5.82 Å². The molecule has 2 heterocycles. The summed E-state index contributed by atoms with van der Waals surface area (Å²) < 4.78 is 12.8. The lowest BCUT2D eigenvalue weighted by Gasteiger charge is -2.12. The fourth-order valence-electron chi connectivity index (χ4n) is 2.66. The van der Waals surface area contributed by atoms with Crippen molar-refractivity contribution in [1.29, 1.82) is 0 Å². The third-order valence-corrected chi connectivity index (χ3v) is 3.85. The number of likely N-dealkylation sites (tertiary alicyclic amines) is 1. The van der Waals surface area contributed by atoms with Gasteiger partial charge in [0.25, 0.3) is 0 Å². The van der Waals surface area contributed by atoms with Gasteiger partial charge in [0.1, 0.15) is 5.82 Å². The first-order chi connectivity index (χ1) is 10.7. The number of aromatic nitrogens is 1. The highest BCUT2D eigenvalue weighted by molar-refractivity contribution is 5.90. The number of hydrogen-bond acceptors (Lipinski definition) is 4. The standard InChI is InChI=1S/C10H9FN2.C7H16N2/c1-12-9-4-5-13-10-6-7(11)2-3-8(9)10;8-4-3-7-9-5-1-2-6-9/h2-6H,1H3,(H,12,13);1-8H2. The Balaban J connectivity index is 0.000000172. The minimum absolute atomic E-state index is 0.256. The Hall–Kier alpha value is -1.72. The van der Waals surface area contributed by atoms with Gasteiger partial charge in [-0.15, -0.1) is 0 Å². The normalized spacial score (nSPS) is 14.7. The molecule has 1 aliphatic rings. The minimum Gasteiger partial charge on any atom is -0.388 e. The maximum absolute atomic E-state index is 12.8. The van der Waals surface area contributed by atoms with Crippen molar-refractivity contribution in [3.63, 3.8) is 0 Å². The van der Waals surface area contributed by atoms with Gasteiger partial charge in [-0.05, 0) is 63.6 Å². The Bertz CT molecular complexity index is 582. The van der Waals surface area contributed by atoms with Crippen molar-refractivity contribution in [3.05, 3.63) is 36.3 Å². The van der Waals surface area contributed by atoms with Crippen LogP contribution in [0.5, 0.6) is 0 Å². The molecule has 0 radical (unpaired) electrons. The van der Waals surface area contributed by atoms with E-state index in [4.69, 9.17) is 5.73 Å². The fourth-order valence-corrected chi connectivity index (χ4v) is 2.66. The van der Waals surface area contributed by atoms with Crippen LogP contribution in [-0.4, -0.2) is 43.1 Å². The highest BCUT2D eigenvalue weighted by Crippen LogP contribution is 2.21. The largest absolute Gasteiger partial charge is 0.388 e. The number of halogens is 1. The Morgan fingerprint density at radius 1 is 1.27 bits per heavy atom. The van der Waals surface area contributed by atoms with E-state index in [2.05, 4.69) is 15.2 Å². The van der Waals surface area contributed by atoms with Gasteiger partial charge in [-0.25, -0.2) is 4.39 Å². The van der Waals surface area contributed by atoms with Crippen LogP contribution in [0.25, 0.3) is 10.9 Å². The van der Waals surface area contributed by atoms with Crippen LogP contribution in [0.4, 0.5) is 10.1 Å². The molecular formula is C17H25FN4. The van der Waals surface area contributed by atoms with Gasteiger partial charge >= 0.3 is 0 Å². The second kappa shape index (κ2) is 8.66. The summed E-state index contributed by atoms with van der Waals surface area (Å²) in [4.78, 5) is 6.56. The van der Waals surface area contributed by atoms with Crippen molar-refractivity contribution in [2.24, 2.45) is 5.73 Å². The molecule has 3 N–H and O–H groups in total. The number of fused-ring (bicyclic) bond motifs is 1. The van der Waals surface area contributed by atoms with Gasteiger partial charge in [0.2, 0.25) is 0 Å². The van der Waals surface area contributed by atoms with E-state index in [1.807, 2.05) is 13.1 Å². The molecule has 0 atom stereocenters. The van der Waals surface area contributed by atoms with Crippen LogP contribution >= 0.6 is 0 Å². The Morgan fingerprint density at radius 3 is 2.73 bits per heavy atom. The molecule has 0 bridgehead atoms. The monoisotopic (exact) mass is 304 g/mol. The smallest absolute Gasteiger partial charge is 0.125 e. The molecule has 0 unspecified atom stereocenters. The summed E-state index contributed by atoms with van der Waals surface area (Å²) in [5.41, 5.74) is 7.02. The van der Waals surface area contributed by atoms with Gasteiger partial charge in [-0.3, -0.25) is 4.98 Å². The zero-order chi connectivity index (χ0) is 15.8. The molecule has 1 saturated heterocycles. The number of pyridine rings is 1. The predicted octanol–water partition coefficient (Wildman–Crippen LogP) is 2.85. The van der Waals surface area contributed by atoms with Crippen LogP contribution in [0.3, 0.4) is 0 Å². The van der Waals surface area contributed by atoms with E-state index >= 15 is 0 Å². The summed E-state index contributed by atoms with van der Waals surface area (Å²) in [5, 5.41) is 3.96. The third-order valence-electron chi connectivity index (χ3n) is 3.85. The highest BCUT2D eigenvalue weighted by atomic mass is 19.1. The molecule has 0 amide bonds. The van der Waals surface area contributed by atoms with Crippen LogP contribution < -0.4 is 11.1 Å². The van der Waals surface area contributed by atoms with Crippen molar-refractivity contribution in [3.8, 4) is 0 Å². The minimum atomic E-state index is -0.256. The number of nitrogens with zero attached hydrogens (tertiary/aromatic N) is 2. The Morgan fingerprint density at radius 2 is 2.05 bits per heavy atom. The van der Waals surface area contributed by atoms with Crippen LogP contribution in [0, 0.1) is 5.82 Å². The molecule has 22 heavy (non-hydrogen) atoms. The molecule has 0 aliphatic carbocycles. The number of rotatable bonds is 4. The maximum atomic E-state index is 12.8. The summed E-state index contributed by atoms with van der Waals surface area (Å²) in [6, 6.07) is 6.45. The van der Waals surface area contributed by atoms with Gasteiger partial charge in [0.15, 0.2) is 0 Å². The number of nitrogens with two attached hydrogens (primary N) is 1. The lowest BCUT2D eigenvalue weighted by molar-refractivity contribution is 0.336. The van der Waals surface area contributed by atoms with Crippen LogP contribution in [0.2, 0.25) is 0 Å². The molecular weight excluding hydrogens is 279 g/mol. The molecule has 0 spiro atoms. The first-order valence-corrected chi connectivity index (χ1v) is 7.89. The van der Waals surface area contributed by atoms with Gasteiger partial charge in [0, 0.05) is 30.4 Å². The van der Waals surface area contributed by atoms with Crippen molar-refractivity contribution >= 4 is 16.6 Å². The average Bonchev–Trinajstić information content (AvgIpc) is 3.06. The molecule has 5 heteroatoms. The Kier molecular flexibility index (Phi) is 6.55. The van der Waals surface area contributed by atoms with Gasteiger partial charge < -0.3 is 16.0 Å². The first-order valence-electron chi connectivity index (χ1n) is 7.89. The summed E-state index contributed by atoms with van der Waals surface area (Å²) >= 11 is 0. The molecule has 120 valence electrons. The van der Waals surface area contributed by atoms with E-state index in [0.29, 0.717) is 5.52 Å². The van der Waals surface area contributed by atoms with E-state index in [0.717, 1.165) is 17.6 Å². The average molecular weight is 304 g/mol. The van der Waals surface area contributed by atoms with E-state index in [1.165, 1.54) is 51.0 Å². The SMILES string of the molecule is CNc1ccnc2cc(F)ccc12.NCCCN1CCCC1. The summed E-state index contributed by atoms with van der Waals surface area (Å²) in [5.74, 6) is -0.256. The quantitative estimate of drug-likeness (QED) is 0.912. The lowest BCUT2D eigenvalue weighted by atomic mass is 10.2. The van der Waals surface area contributed by atoms with Crippen LogP contribution in [-0.2, 0) is 0 Å². The van der Waals surface area contributed by atoms with Crippen LogP contribution in [0.15, 0.2) is 30.5 Å². The second-order valence-corrected chi connectivity index (χ2v) is 5.46. The van der Waals surface area contributed by atoms with E-state index in [1.54, 1.807) is 12.3 Å². The molecule has 1 aromatic carbocycles. The van der Waals surface area contributed by atoms with Gasteiger partial charge in [-0.2, -0.15) is 0 Å². The molecule has 1 aromatic heterocycles. The topological polar surface area (TPSA) is 54.2 Å². The molecule has 0 saturated carbocycles. The molecule has 1 aliphatic heterocycles. The summed E-state index contributed by atoms with van der Waals surface area (Å²) in [6.45, 7) is 4.67. The fraction of sp³-hybridized carbons (Fsp3) is 0.471. The van der Waals surface area contributed by atoms with Crippen molar-refractivity contribution < 1.29 is 4.39 Å². The summed E-state index contributed by atoms with van der Waals surface area (Å²) in [6.07, 6.45) is 5.61. The molecule has 3 rings (SSSR count). The van der Waals surface area contributed by atoms with Crippen molar-refractivity contribution in [2.75, 3.05) is 38.5 Å². The van der Waals surface area contributed by atoms with Gasteiger partial charge in [0.05, 0.1) is 5.52 Å². The van der Waals surface area contributed by atoms with Crippen molar-refractivity contribution in [2.45, 2.75) is 19.3 Å². The number of anilines is 1. The summed E-state index contributed by atoms with van der Waals surface area (Å²) in [7, 11) is 1.83. The zero-order valence-electron chi connectivity index (χ0n) is 13.2. The number of nitrogens with one attached hydrogen (secondary N) is 1. The van der Waals surface area contributed by atoms with E-state index < -0.39 is 0 Å². The predicted molar refractivity (Wildman–Crippen MR) is 90.6 cm³/mol. The van der Waals surface area contributed by atoms with E-state index in [9.17, 15) is 4.39 Å². The second-order valence-electron chi connectivity index (χ2n) is 5.46. The maximum Gasteiger partial charge on any atom is 0.125 e. The molecule has 1 fully saturated rings.